The monoisotopic (exact) mass is 302 g/mol. The Bertz CT molecular complexity index is 669. The second-order valence-corrected chi connectivity index (χ2v) is 6.36. The normalized spacial score (nSPS) is 11.0. The molecule has 6 heteroatoms. The summed E-state index contributed by atoms with van der Waals surface area (Å²) in [4.78, 5) is 15.6. The summed E-state index contributed by atoms with van der Waals surface area (Å²) in [6.45, 7) is 0. The van der Waals surface area contributed by atoms with Gasteiger partial charge in [0.1, 0.15) is 16.9 Å². The lowest BCUT2D eigenvalue weighted by molar-refractivity contribution is 1.09. The van der Waals surface area contributed by atoms with Crippen molar-refractivity contribution in [3.8, 4) is 0 Å². The molecular formula is C14H14N4S2. The third-order valence-corrected chi connectivity index (χ3v) is 5.05. The fourth-order valence-corrected chi connectivity index (χ4v) is 3.80. The van der Waals surface area contributed by atoms with Crippen LogP contribution in [0.4, 0.5) is 0 Å². The van der Waals surface area contributed by atoms with Gasteiger partial charge in [0, 0.05) is 17.3 Å². The van der Waals surface area contributed by atoms with E-state index in [1.807, 2.05) is 11.8 Å². The number of fused-ring (bicyclic) bond motifs is 1. The van der Waals surface area contributed by atoms with Crippen LogP contribution in [0.3, 0.4) is 0 Å². The van der Waals surface area contributed by atoms with Crippen molar-refractivity contribution in [2.45, 2.75) is 10.8 Å². The van der Waals surface area contributed by atoms with Crippen LogP contribution in [-0.2, 0) is 5.75 Å². The van der Waals surface area contributed by atoms with Gasteiger partial charge in [-0.2, -0.15) is 11.8 Å². The van der Waals surface area contributed by atoms with Gasteiger partial charge in [-0.3, -0.25) is 0 Å². The number of hydrogen-bond donors (Lipinski definition) is 1. The molecule has 4 nitrogen and oxygen atoms in total. The number of aromatic amines is 1. The fourth-order valence-electron chi connectivity index (χ4n) is 1.81. The molecule has 3 aromatic rings. The highest BCUT2D eigenvalue weighted by Gasteiger charge is 2.05. The Morgan fingerprint density at radius 1 is 1.00 bits per heavy atom. The van der Waals surface area contributed by atoms with E-state index in [1.165, 1.54) is 5.56 Å². The summed E-state index contributed by atoms with van der Waals surface area (Å²) >= 11 is 3.69. The molecule has 0 aliphatic rings. The zero-order valence-corrected chi connectivity index (χ0v) is 12.5. The van der Waals surface area contributed by atoms with E-state index in [2.05, 4.69) is 50.3 Å². The van der Waals surface area contributed by atoms with Crippen LogP contribution in [0.25, 0.3) is 11.2 Å². The molecule has 2 aromatic heterocycles. The second-order valence-electron chi connectivity index (χ2n) is 4.17. The van der Waals surface area contributed by atoms with Crippen LogP contribution in [0.15, 0.2) is 48.0 Å². The maximum Gasteiger partial charge on any atom is 0.181 e. The van der Waals surface area contributed by atoms with Gasteiger partial charge in [0.25, 0.3) is 0 Å². The Hall–Kier alpha value is -1.53. The minimum atomic E-state index is 0.736. The topological polar surface area (TPSA) is 54.5 Å². The number of rotatable bonds is 6. The number of nitrogens with zero attached hydrogens (tertiary/aromatic N) is 3. The number of imidazole rings is 1. The average molecular weight is 302 g/mol. The first kappa shape index (κ1) is 13.5. The number of thioether (sulfide) groups is 2. The van der Waals surface area contributed by atoms with E-state index in [1.54, 1.807) is 24.4 Å². The van der Waals surface area contributed by atoms with Crippen LogP contribution in [0.5, 0.6) is 0 Å². The first-order valence-corrected chi connectivity index (χ1v) is 8.46. The highest BCUT2D eigenvalue weighted by molar-refractivity contribution is 8.02. The lowest BCUT2D eigenvalue weighted by atomic mass is 10.2. The number of nitrogens with one attached hydrogen (secondary N) is 1. The molecular weight excluding hydrogens is 288 g/mol. The average Bonchev–Trinajstić information content (AvgIpc) is 2.97. The predicted molar refractivity (Wildman–Crippen MR) is 85.0 cm³/mol. The highest BCUT2D eigenvalue weighted by atomic mass is 32.2. The van der Waals surface area contributed by atoms with Gasteiger partial charge in [-0.25, -0.2) is 15.0 Å². The minimum Gasteiger partial charge on any atom is -0.341 e. The summed E-state index contributed by atoms with van der Waals surface area (Å²) < 4.78 is 0. The summed E-state index contributed by atoms with van der Waals surface area (Å²) in [5.74, 6) is 3.19. The van der Waals surface area contributed by atoms with Crippen LogP contribution in [0, 0.1) is 0 Å². The molecule has 0 fully saturated rings. The molecule has 0 amide bonds. The van der Waals surface area contributed by atoms with E-state index in [-0.39, 0.29) is 0 Å². The zero-order valence-electron chi connectivity index (χ0n) is 10.8. The maximum absolute atomic E-state index is 4.31. The van der Waals surface area contributed by atoms with Crippen molar-refractivity contribution in [1.82, 2.24) is 19.9 Å². The number of H-pyrrole nitrogens is 1. The molecule has 20 heavy (non-hydrogen) atoms. The maximum atomic E-state index is 4.31. The van der Waals surface area contributed by atoms with E-state index in [9.17, 15) is 0 Å². The van der Waals surface area contributed by atoms with Gasteiger partial charge in [0.05, 0.1) is 6.33 Å². The Kier molecular flexibility index (Phi) is 4.55. The molecule has 0 aliphatic carbocycles. The molecule has 0 spiro atoms. The molecule has 102 valence electrons. The molecule has 2 heterocycles. The van der Waals surface area contributed by atoms with Crippen molar-refractivity contribution in [3.63, 3.8) is 0 Å². The van der Waals surface area contributed by atoms with Gasteiger partial charge in [0.2, 0.25) is 0 Å². The number of hydrogen-bond acceptors (Lipinski definition) is 5. The smallest absolute Gasteiger partial charge is 0.181 e. The van der Waals surface area contributed by atoms with E-state index < -0.39 is 0 Å². The molecule has 0 aliphatic heterocycles. The SMILES string of the molecule is c1ccc(CSCCSc2ncnc3nc[nH]c23)cc1. The van der Waals surface area contributed by atoms with E-state index in [0.29, 0.717) is 0 Å². The molecule has 0 unspecified atom stereocenters. The van der Waals surface area contributed by atoms with Crippen LogP contribution >= 0.6 is 23.5 Å². The molecule has 0 atom stereocenters. The Labute approximate surface area is 125 Å². The molecule has 1 N–H and O–H groups in total. The fraction of sp³-hybridized carbons (Fsp3) is 0.214. The zero-order chi connectivity index (χ0) is 13.6. The largest absolute Gasteiger partial charge is 0.341 e. The summed E-state index contributed by atoms with van der Waals surface area (Å²) in [5.41, 5.74) is 3.05. The molecule has 0 saturated heterocycles. The van der Waals surface area contributed by atoms with Gasteiger partial charge in [0.15, 0.2) is 5.65 Å². The summed E-state index contributed by atoms with van der Waals surface area (Å²) in [6.07, 6.45) is 3.23. The third-order valence-electron chi connectivity index (χ3n) is 2.77. The highest BCUT2D eigenvalue weighted by Crippen LogP contribution is 2.23. The summed E-state index contributed by atoms with van der Waals surface area (Å²) in [7, 11) is 0. The first-order valence-electron chi connectivity index (χ1n) is 6.32. The minimum absolute atomic E-state index is 0.736. The molecule has 0 bridgehead atoms. The van der Waals surface area contributed by atoms with E-state index >= 15 is 0 Å². The van der Waals surface area contributed by atoms with Crippen molar-refractivity contribution < 1.29 is 0 Å². The van der Waals surface area contributed by atoms with Crippen LogP contribution in [0.2, 0.25) is 0 Å². The first-order chi connectivity index (χ1) is 9.93. The molecule has 1 aromatic carbocycles. The van der Waals surface area contributed by atoms with Gasteiger partial charge < -0.3 is 4.98 Å². The lowest BCUT2D eigenvalue weighted by Gasteiger charge is -2.02. The van der Waals surface area contributed by atoms with Gasteiger partial charge >= 0.3 is 0 Å². The summed E-state index contributed by atoms with van der Waals surface area (Å²) in [6, 6.07) is 10.5. The molecule has 3 rings (SSSR count). The lowest BCUT2D eigenvalue weighted by Crippen LogP contribution is -1.90. The Morgan fingerprint density at radius 3 is 2.80 bits per heavy atom. The Morgan fingerprint density at radius 2 is 1.90 bits per heavy atom. The standard InChI is InChI=1S/C14H14N4S2/c1-2-4-11(5-3-1)8-19-6-7-20-14-12-13(16-9-15-12)17-10-18-14/h1-5,9-10H,6-8H2,(H,15,16,17,18). The molecule has 0 radical (unpaired) electrons. The quantitative estimate of drug-likeness (QED) is 0.430. The molecule has 0 saturated carbocycles. The van der Waals surface area contributed by atoms with Crippen LogP contribution in [0.1, 0.15) is 5.56 Å². The number of aromatic nitrogens is 4. The van der Waals surface area contributed by atoms with Gasteiger partial charge in [-0.15, -0.1) is 11.8 Å². The predicted octanol–water partition coefficient (Wildman–Crippen LogP) is 3.38. The van der Waals surface area contributed by atoms with Crippen LogP contribution in [-0.4, -0.2) is 31.4 Å². The van der Waals surface area contributed by atoms with Gasteiger partial charge in [-0.1, -0.05) is 30.3 Å². The van der Waals surface area contributed by atoms with Crippen molar-refractivity contribution in [1.29, 1.82) is 0 Å². The third kappa shape index (κ3) is 3.32. The van der Waals surface area contributed by atoms with Crippen molar-refractivity contribution in [3.05, 3.63) is 48.5 Å². The second kappa shape index (κ2) is 6.76. The summed E-state index contributed by atoms with van der Waals surface area (Å²) in [5, 5.41) is 0.979. The van der Waals surface area contributed by atoms with Crippen molar-refractivity contribution >= 4 is 34.7 Å². The number of benzene rings is 1. The van der Waals surface area contributed by atoms with E-state index in [0.717, 1.165) is 33.4 Å². The Balaban J connectivity index is 1.47. The van der Waals surface area contributed by atoms with Crippen LogP contribution < -0.4 is 0 Å². The van der Waals surface area contributed by atoms with E-state index in [4.69, 9.17) is 0 Å². The van der Waals surface area contributed by atoms with Gasteiger partial charge in [-0.05, 0) is 5.56 Å². The van der Waals surface area contributed by atoms with Crippen molar-refractivity contribution in [2.75, 3.05) is 11.5 Å². The van der Waals surface area contributed by atoms with Crippen molar-refractivity contribution in [2.24, 2.45) is 0 Å².